The molecule has 0 aliphatic carbocycles. The lowest BCUT2D eigenvalue weighted by Gasteiger charge is -2.08. The number of halogens is 2. The Labute approximate surface area is 168 Å². The number of carbonyl (C=O) groups excluding carboxylic acids is 2. The number of ether oxygens (including phenoxy) is 1. The third-order valence-electron chi connectivity index (χ3n) is 3.20. The summed E-state index contributed by atoms with van der Waals surface area (Å²) in [6.07, 6.45) is 0.936. The number of hydrazone groups is 1. The van der Waals surface area contributed by atoms with Crippen LogP contribution in [0, 0.1) is 9.39 Å². The number of nitrogens with zero attached hydrogens (tertiary/aromatic N) is 1. The van der Waals surface area contributed by atoms with Gasteiger partial charge in [-0.1, -0.05) is 0 Å². The highest BCUT2D eigenvalue weighted by molar-refractivity contribution is 14.1. The predicted octanol–water partition coefficient (Wildman–Crippen LogP) is 3.01. The molecular formula is C18H17FIN3O4. The molecule has 2 rings (SSSR count). The number of nitrogens with one attached hydrogen (secondary N) is 2. The van der Waals surface area contributed by atoms with Gasteiger partial charge in [0.1, 0.15) is 12.2 Å². The van der Waals surface area contributed by atoms with Crippen LogP contribution in [0.1, 0.15) is 18.9 Å². The molecule has 0 aliphatic heterocycles. The summed E-state index contributed by atoms with van der Waals surface area (Å²) in [5.74, 6) is -1.22. The molecule has 0 spiro atoms. The van der Waals surface area contributed by atoms with Crippen LogP contribution in [0.3, 0.4) is 0 Å². The second-order valence-corrected chi connectivity index (χ2v) is 6.47. The largest absolute Gasteiger partial charge is 0.504 e. The molecule has 0 heterocycles. The van der Waals surface area contributed by atoms with Gasteiger partial charge in [-0.3, -0.25) is 9.59 Å². The monoisotopic (exact) mass is 485 g/mol. The first kappa shape index (κ1) is 20.6. The summed E-state index contributed by atoms with van der Waals surface area (Å²) in [5, 5.41) is 16.2. The lowest BCUT2D eigenvalue weighted by atomic mass is 10.2. The number of aromatic hydroxyl groups is 1. The summed E-state index contributed by atoms with van der Waals surface area (Å²) in [7, 11) is 0. The van der Waals surface area contributed by atoms with E-state index >= 15 is 0 Å². The molecule has 0 atom stereocenters. The van der Waals surface area contributed by atoms with E-state index in [4.69, 9.17) is 4.74 Å². The average Bonchev–Trinajstić information content (AvgIpc) is 2.61. The molecule has 2 aromatic carbocycles. The van der Waals surface area contributed by atoms with E-state index < -0.39 is 24.1 Å². The van der Waals surface area contributed by atoms with Gasteiger partial charge in [-0.25, -0.2) is 9.82 Å². The van der Waals surface area contributed by atoms with Crippen molar-refractivity contribution in [2.24, 2.45) is 5.10 Å². The maximum absolute atomic E-state index is 12.8. The van der Waals surface area contributed by atoms with Crippen molar-refractivity contribution in [3.05, 3.63) is 51.3 Å². The Kier molecular flexibility index (Phi) is 7.53. The third-order valence-corrected chi connectivity index (χ3v) is 4.02. The SMILES string of the molecule is CCOc1cc(/C=N/NC(=O)CC(=O)Nc2ccc(F)cc2)cc(I)c1O. The molecule has 0 unspecified atom stereocenters. The van der Waals surface area contributed by atoms with E-state index in [0.29, 0.717) is 27.2 Å². The quantitative estimate of drug-likeness (QED) is 0.243. The molecule has 0 bridgehead atoms. The van der Waals surface area contributed by atoms with Gasteiger partial charge >= 0.3 is 0 Å². The first-order valence-corrected chi connectivity index (χ1v) is 8.99. The van der Waals surface area contributed by atoms with E-state index in [1.807, 2.05) is 22.6 Å². The summed E-state index contributed by atoms with van der Waals surface area (Å²) in [5.41, 5.74) is 3.24. The number of anilines is 1. The van der Waals surface area contributed by atoms with Crippen LogP contribution in [0.25, 0.3) is 0 Å². The summed E-state index contributed by atoms with van der Waals surface area (Å²) >= 11 is 1.95. The first-order valence-electron chi connectivity index (χ1n) is 7.91. The number of hydrogen-bond donors (Lipinski definition) is 3. The van der Waals surface area contributed by atoms with Crippen molar-refractivity contribution in [3.8, 4) is 11.5 Å². The van der Waals surface area contributed by atoms with Crippen molar-refractivity contribution >= 4 is 46.3 Å². The zero-order chi connectivity index (χ0) is 19.8. The van der Waals surface area contributed by atoms with Gasteiger partial charge in [0, 0.05) is 5.69 Å². The number of phenols is 1. The first-order chi connectivity index (χ1) is 12.9. The standard InChI is InChI=1S/C18H17FIN3O4/c1-2-27-15-8-11(7-14(20)18(15)26)10-21-23-17(25)9-16(24)22-13-5-3-12(19)4-6-13/h3-8,10,26H,2,9H2,1H3,(H,22,24)(H,23,25)/b21-10+. The zero-order valence-corrected chi connectivity index (χ0v) is 16.5. The molecule has 0 radical (unpaired) electrons. The Morgan fingerprint density at radius 3 is 2.63 bits per heavy atom. The van der Waals surface area contributed by atoms with Gasteiger partial charge in [0.25, 0.3) is 0 Å². The van der Waals surface area contributed by atoms with Crippen molar-refractivity contribution < 1.29 is 23.8 Å². The van der Waals surface area contributed by atoms with Gasteiger partial charge in [0.15, 0.2) is 11.5 Å². The molecule has 27 heavy (non-hydrogen) atoms. The summed E-state index contributed by atoms with van der Waals surface area (Å²) in [6, 6.07) is 8.44. The fraction of sp³-hybridized carbons (Fsp3) is 0.167. The van der Waals surface area contributed by atoms with E-state index in [0.717, 1.165) is 0 Å². The van der Waals surface area contributed by atoms with E-state index in [2.05, 4.69) is 15.8 Å². The Morgan fingerprint density at radius 2 is 1.96 bits per heavy atom. The van der Waals surface area contributed by atoms with Crippen molar-refractivity contribution in [1.29, 1.82) is 0 Å². The zero-order valence-electron chi connectivity index (χ0n) is 14.3. The van der Waals surface area contributed by atoms with E-state index in [1.54, 1.807) is 19.1 Å². The highest BCUT2D eigenvalue weighted by Gasteiger charge is 2.10. The molecule has 2 amide bonds. The highest BCUT2D eigenvalue weighted by atomic mass is 127. The van der Waals surface area contributed by atoms with Crippen molar-refractivity contribution in [3.63, 3.8) is 0 Å². The molecule has 3 N–H and O–H groups in total. The van der Waals surface area contributed by atoms with Gasteiger partial charge in [-0.2, -0.15) is 5.10 Å². The molecule has 0 saturated carbocycles. The third kappa shape index (κ3) is 6.51. The normalized spacial score (nSPS) is 10.6. The number of amides is 2. The minimum atomic E-state index is -0.607. The van der Waals surface area contributed by atoms with Crippen LogP contribution in [-0.2, 0) is 9.59 Å². The molecule has 142 valence electrons. The highest BCUT2D eigenvalue weighted by Crippen LogP contribution is 2.32. The number of hydrogen-bond acceptors (Lipinski definition) is 5. The Morgan fingerprint density at radius 1 is 1.26 bits per heavy atom. The van der Waals surface area contributed by atoms with Gasteiger partial charge in [0.05, 0.1) is 16.4 Å². The Hall–Kier alpha value is -2.69. The number of phenolic OH excluding ortho intramolecular Hbond substituents is 1. The van der Waals surface area contributed by atoms with Crippen LogP contribution in [-0.4, -0.2) is 29.7 Å². The van der Waals surface area contributed by atoms with E-state index in [1.165, 1.54) is 30.5 Å². The fourth-order valence-corrected chi connectivity index (χ4v) is 2.66. The number of benzene rings is 2. The van der Waals surface area contributed by atoms with Gasteiger partial charge in [0.2, 0.25) is 11.8 Å². The molecule has 0 aliphatic rings. The molecule has 0 aromatic heterocycles. The van der Waals surface area contributed by atoms with Crippen LogP contribution in [0.4, 0.5) is 10.1 Å². The summed E-state index contributed by atoms with van der Waals surface area (Å²) in [4.78, 5) is 23.5. The van der Waals surface area contributed by atoms with Crippen LogP contribution in [0.2, 0.25) is 0 Å². The second-order valence-electron chi connectivity index (χ2n) is 5.31. The molecular weight excluding hydrogens is 468 g/mol. The number of carbonyl (C=O) groups is 2. The maximum atomic E-state index is 12.8. The van der Waals surface area contributed by atoms with Crippen LogP contribution >= 0.6 is 22.6 Å². The van der Waals surface area contributed by atoms with Crippen LogP contribution in [0.5, 0.6) is 11.5 Å². The molecule has 2 aromatic rings. The summed E-state index contributed by atoms with van der Waals surface area (Å²) in [6.45, 7) is 2.19. The van der Waals surface area contributed by atoms with Crippen molar-refractivity contribution in [1.82, 2.24) is 5.43 Å². The molecule has 0 fully saturated rings. The average molecular weight is 485 g/mol. The second kappa shape index (κ2) is 9.86. The number of rotatable bonds is 7. The smallest absolute Gasteiger partial charge is 0.249 e. The maximum Gasteiger partial charge on any atom is 0.249 e. The van der Waals surface area contributed by atoms with Crippen LogP contribution < -0.4 is 15.5 Å². The van der Waals surface area contributed by atoms with Gasteiger partial charge in [-0.15, -0.1) is 0 Å². The topological polar surface area (TPSA) is 100 Å². The summed E-state index contributed by atoms with van der Waals surface area (Å²) < 4.78 is 18.7. The van der Waals surface area contributed by atoms with E-state index in [9.17, 15) is 19.1 Å². The van der Waals surface area contributed by atoms with Gasteiger partial charge < -0.3 is 15.2 Å². The molecule has 0 saturated heterocycles. The lowest BCUT2D eigenvalue weighted by molar-refractivity contribution is -0.126. The van der Waals surface area contributed by atoms with Crippen LogP contribution in [0.15, 0.2) is 41.5 Å². The van der Waals surface area contributed by atoms with Crippen molar-refractivity contribution in [2.75, 3.05) is 11.9 Å². The predicted molar refractivity (Wildman–Crippen MR) is 107 cm³/mol. The van der Waals surface area contributed by atoms with Gasteiger partial charge in [-0.05, 0) is 71.5 Å². The Balaban J connectivity index is 1.89. The van der Waals surface area contributed by atoms with E-state index in [-0.39, 0.29) is 5.75 Å². The Bertz CT molecular complexity index is 856. The minimum Gasteiger partial charge on any atom is -0.504 e. The molecule has 9 heteroatoms. The molecule has 7 nitrogen and oxygen atoms in total. The lowest BCUT2D eigenvalue weighted by Crippen LogP contribution is -2.24. The fourth-order valence-electron chi connectivity index (χ4n) is 2.04. The van der Waals surface area contributed by atoms with Crippen molar-refractivity contribution in [2.45, 2.75) is 13.3 Å². The minimum absolute atomic E-state index is 0.0381.